The van der Waals surface area contributed by atoms with Crippen molar-refractivity contribution in [3.8, 4) is 0 Å². The summed E-state index contributed by atoms with van der Waals surface area (Å²) in [7, 11) is 0. The molecule has 1 atom stereocenters. The van der Waals surface area contributed by atoms with Gasteiger partial charge in [-0.25, -0.2) is 13.8 Å². The maximum Gasteiger partial charge on any atom is 0.249 e. The number of hydrogen-bond acceptors (Lipinski definition) is 3. The van der Waals surface area contributed by atoms with Crippen molar-refractivity contribution in [3.05, 3.63) is 52.9 Å². The van der Waals surface area contributed by atoms with Crippen LogP contribution in [0.25, 0.3) is 0 Å². The Kier molecular flexibility index (Phi) is 3.58. The van der Waals surface area contributed by atoms with Gasteiger partial charge in [-0.3, -0.25) is 9.48 Å². The zero-order valence-electron chi connectivity index (χ0n) is 16.0. The van der Waals surface area contributed by atoms with Crippen molar-refractivity contribution >= 4 is 12.1 Å². The van der Waals surface area contributed by atoms with Crippen LogP contribution in [0.1, 0.15) is 48.7 Å². The van der Waals surface area contributed by atoms with Gasteiger partial charge in [0.2, 0.25) is 5.91 Å². The molecule has 2 bridgehead atoms. The van der Waals surface area contributed by atoms with Gasteiger partial charge in [0.25, 0.3) is 0 Å². The standard InChI is InChI=1S/C21H22F2N4O/c1-13-5-14(2)26(25-13)12-20-9-21(10-20,11-20)19(28)27-18(3-4-24-27)15-6-16(22)8-17(23)7-15/h4-8,18H,3,9-12H2,1-2H3. The normalized spacial score (nSPS) is 30.3. The van der Waals surface area contributed by atoms with Crippen molar-refractivity contribution in [2.45, 2.75) is 52.1 Å². The van der Waals surface area contributed by atoms with E-state index in [0.29, 0.717) is 12.0 Å². The lowest BCUT2D eigenvalue weighted by Gasteiger charge is -2.69. The Morgan fingerprint density at radius 3 is 2.43 bits per heavy atom. The largest absolute Gasteiger partial charge is 0.272 e. The van der Waals surface area contributed by atoms with Gasteiger partial charge in [0, 0.05) is 30.9 Å². The topological polar surface area (TPSA) is 50.5 Å². The van der Waals surface area contributed by atoms with Gasteiger partial charge in [0.05, 0.1) is 17.2 Å². The minimum Gasteiger partial charge on any atom is -0.272 e. The van der Waals surface area contributed by atoms with E-state index < -0.39 is 17.7 Å². The molecule has 146 valence electrons. The van der Waals surface area contributed by atoms with Crippen LogP contribution in [0.15, 0.2) is 29.4 Å². The molecule has 4 aliphatic rings. The molecule has 28 heavy (non-hydrogen) atoms. The van der Waals surface area contributed by atoms with Crippen LogP contribution in [0.5, 0.6) is 0 Å². The highest BCUT2D eigenvalue weighted by molar-refractivity contribution is 5.88. The summed E-state index contributed by atoms with van der Waals surface area (Å²) in [4.78, 5) is 13.2. The van der Waals surface area contributed by atoms with Crippen LogP contribution in [0, 0.1) is 36.3 Å². The second kappa shape index (κ2) is 5.72. The fourth-order valence-corrected chi connectivity index (χ4v) is 5.44. The molecule has 0 N–H and O–H groups in total. The SMILES string of the molecule is Cc1cc(C)n(CC23CC(C(=O)N4N=CCC4c4cc(F)cc(F)c4)(C2)C3)n1. The van der Waals surface area contributed by atoms with Crippen molar-refractivity contribution in [3.63, 3.8) is 0 Å². The van der Waals surface area contributed by atoms with Crippen molar-refractivity contribution in [2.24, 2.45) is 15.9 Å². The van der Waals surface area contributed by atoms with E-state index in [1.165, 1.54) is 17.1 Å². The number of halogens is 2. The predicted octanol–water partition coefficient (Wildman–Crippen LogP) is 3.91. The van der Waals surface area contributed by atoms with Crippen LogP contribution in [-0.2, 0) is 11.3 Å². The number of amides is 1. The van der Waals surface area contributed by atoms with Gasteiger partial charge in [-0.1, -0.05) is 0 Å². The first-order chi connectivity index (χ1) is 13.3. The second-order valence-corrected chi connectivity index (χ2v) is 8.80. The summed E-state index contributed by atoms with van der Waals surface area (Å²) < 4.78 is 29.3. The molecule has 0 radical (unpaired) electrons. The molecule has 1 aliphatic heterocycles. The first-order valence-corrected chi connectivity index (χ1v) is 9.62. The average Bonchev–Trinajstić information content (AvgIpc) is 3.14. The predicted molar refractivity (Wildman–Crippen MR) is 99.5 cm³/mol. The van der Waals surface area contributed by atoms with Crippen LogP contribution >= 0.6 is 0 Å². The Balaban J connectivity index is 1.30. The second-order valence-electron chi connectivity index (χ2n) is 8.80. The monoisotopic (exact) mass is 384 g/mol. The van der Waals surface area contributed by atoms with Gasteiger partial charge >= 0.3 is 0 Å². The van der Waals surface area contributed by atoms with E-state index in [1.54, 1.807) is 6.21 Å². The van der Waals surface area contributed by atoms with E-state index in [9.17, 15) is 13.6 Å². The van der Waals surface area contributed by atoms with Crippen molar-refractivity contribution < 1.29 is 13.6 Å². The molecule has 3 saturated carbocycles. The molecule has 1 amide bonds. The van der Waals surface area contributed by atoms with E-state index in [0.717, 1.165) is 43.3 Å². The Labute approximate surface area is 162 Å². The molecule has 1 unspecified atom stereocenters. The minimum absolute atomic E-state index is 0.0221. The first-order valence-electron chi connectivity index (χ1n) is 9.62. The molecule has 3 aliphatic carbocycles. The number of carbonyl (C=O) groups is 1. The van der Waals surface area contributed by atoms with E-state index >= 15 is 0 Å². The van der Waals surface area contributed by atoms with Gasteiger partial charge in [-0.15, -0.1) is 0 Å². The number of rotatable bonds is 4. The molecule has 6 rings (SSSR count). The Morgan fingerprint density at radius 1 is 1.14 bits per heavy atom. The maximum atomic E-state index is 13.6. The number of hydrogen-bond donors (Lipinski definition) is 0. The van der Waals surface area contributed by atoms with E-state index in [1.807, 2.05) is 18.5 Å². The molecule has 1 aromatic carbocycles. The smallest absolute Gasteiger partial charge is 0.249 e. The van der Waals surface area contributed by atoms with Crippen LogP contribution in [0.3, 0.4) is 0 Å². The molecule has 2 heterocycles. The molecule has 0 spiro atoms. The van der Waals surface area contributed by atoms with Crippen LogP contribution < -0.4 is 0 Å². The Bertz CT molecular complexity index is 972. The van der Waals surface area contributed by atoms with Gasteiger partial charge in [0.1, 0.15) is 11.6 Å². The lowest BCUT2D eigenvalue weighted by Crippen LogP contribution is -2.68. The van der Waals surface area contributed by atoms with E-state index in [4.69, 9.17) is 0 Å². The highest BCUT2D eigenvalue weighted by atomic mass is 19.1. The molecule has 0 saturated heterocycles. The number of nitrogens with zero attached hydrogens (tertiary/aromatic N) is 4. The van der Waals surface area contributed by atoms with Gasteiger partial charge in [0.15, 0.2) is 0 Å². The zero-order chi connectivity index (χ0) is 19.7. The number of aryl methyl sites for hydroxylation is 2. The fraction of sp³-hybridized carbons (Fsp3) is 0.476. The molecular weight excluding hydrogens is 362 g/mol. The summed E-state index contributed by atoms with van der Waals surface area (Å²) in [5.74, 6) is -1.29. The lowest BCUT2D eigenvalue weighted by molar-refractivity contribution is -0.223. The van der Waals surface area contributed by atoms with Crippen molar-refractivity contribution in [2.75, 3.05) is 0 Å². The maximum absolute atomic E-state index is 13.6. The van der Waals surface area contributed by atoms with Crippen LogP contribution in [-0.4, -0.2) is 26.9 Å². The summed E-state index contributed by atoms with van der Waals surface area (Å²) in [6, 6.07) is 5.05. The Hall–Kier alpha value is -2.57. The van der Waals surface area contributed by atoms with E-state index in [2.05, 4.69) is 16.3 Å². The van der Waals surface area contributed by atoms with Crippen LogP contribution in [0.4, 0.5) is 8.78 Å². The fourth-order valence-electron chi connectivity index (χ4n) is 5.44. The zero-order valence-corrected chi connectivity index (χ0v) is 16.0. The molecule has 2 aromatic rings. The molecule has 7 heteroatoms. The summed E-state index contributed by atoms with van der Waals surface area (Å²) in [5.41, 5.74) is 2.36. The number of hydrazone groups is 1. The summed E-state index contributed by atoms with van der Waals surface area (Å²) in [5, 5.41) is 10.2. The number of aromatic nitrogens is 2. The molecule has 1 aromatic heterocycles. The minimum atomic E-state index is -0.636. The highest BCUT2D eigenvalue weighted by Crippen LogP contribution is 2.74. The van der Waals surface area contributed by atoms with Gasteiger partial charge in [-0.2, -0.15) is 10.2 Å². The van der Waals surface area contributed by atoms with Crippen molar-refractivity contribution in [1.82, 2.24) is 14.8 Å². The molecular formula is C21H22F2N4O. The highest BCUT2D eigenvalue weighted by Gasteiger charge is 2.72. The number of carbonyl (C=O) groups excluding carboxylic acids is 1. The summed E-state index contributed by atoms with van der Waals surface area (Å²) in [6.07, 6.45) is 4.61. The summed E-state index contributed by atoms with van der Waals surface area (Å²) in [6.45, 7) is 4.87. The third kappa shape index (κ3) is 2.52. The van der Waals surface area contributed by atoms with Crippen molar-refractivity contribution in [1.29, 1.82) is 0 Å². The van der Waals surface area contributed by atoms with Gasteiger partial charge < -0.3 is 0 Å². The molecule has 5 nitrogen and oxygen atoms in total. The van der Waals surface area contributed by atoms with Gasteiger partial charge in [-0.05, 0) is 62.3 Å². The first kappa shape index (κ1) is 17.5. The lowest BCUT2D eigenvalue weighted by atomic mass is 9.34. The third-order valence-electron chi connectivity index (χ3n) is 6.49. The van der Waals surface area contributed by atoms with Crippen LogP contribution in [0.2, 0.25) is 0 Å². The average molecular weight is 384 g/mol. The molecule has 3 fully saturated rings. The summed E-state index contributed by atoms with van der Waals surface area (Å²) >= 11 is 0. The van der Waals surface area contributed by atoms with E-state index in [-0.39, 0.29) is 16.7 Å². The third-order valence-corrected chi connectivity index (χ3v) is 6.49. The number of benzene rings is 1. The Morgan fingerprint density at radius 2 is 1.82 bits per heavy atom. The quantitative estimate of drug-likeness (QED) is 0.803.